The molecule has 0 aliphatic carbocycles. The molecule has 0 heterocycles. The van der Waals surface area contributed by atoms with Crippen molar-refractivity contribution in [3.63, 3.8) is 0 Å². The van der Waals surface area contributed by atoms with Crippen LogP contribution < -0.4 is 15.2 Å². The van der Waals surface area contributed by atoms with Crippen LogP contribution in [0.25, 0.3) is 0 Å². The second-order valence-corrected chi connectivity index (χ2v) is 2.90. The predicted molar refractivity (Wildman–Crippen MR) is 53.7 cm³/mol. The maximum Gasteiger partial charge on any atom is 0.157 e. The van der Waals surface area contributed by atoms with Gasteiger partial charge < -0.3 is 15.2 Å². The van der Waals surface area contributed by atoms with Gasteiger partial charge in [0.15, 0.2) is 5.75 Å². The molecule has 1 rings (SSSR count). The summed E-state index contributed by atoms with van der Waals surface area (Å²) >= 11 is 5.85. The Morgan fingerprint density at radius 3 is 2.50 bits per heavy atom. The van der Waals surface area contributed by atoms with Crippen molar-refractivity contribution < 1.29 is 9.47 Å². The molecule has 74 valence electrons. The summed E-state index contributed by atoms with van der Waals surface area (Å²) in [7, 11) is 2.88. The zero-order valence-corrected chi connectivity index (χ0v) is 8.55. The van der Waals surface area contributed by atoms with E-state index in [1.165, 1.54) is 20.3 Å². The van der Waals surface area contributed by atoms with Gasteiger partial charge in [0.05, 0.1) is 24.9 Å². The van der Waals surface area contributed by atoms with Crippen molar-refractivity contribution in [3.8, 4) is 17.6 Å². The Bertz CT molecular complexity index is 399. The van der Waals surface area contributed by atoms with Gasteiger partial charge in [0.25, 0.3) is 0 Å². The highest BCUT2D eigenvalue weighted by atomic mass is 35.5. The number of nitrogen functional groups attached to an aromatic ring is 1. The van der Waals surface area contributed by atoms with Crippen molar-refractivity contribution in [2.45, 2.75) is 0 Å². The third-order valence-corrected chi connectivity index (χ3v) is 2.05. The van der Waals surface area contributed by atoms with E-state index in [1.54, 1.807) is 0 Å². The molecule has 0 aliphatic heterocycles. The van der Waals surface area contributed by atoms with Crippen molar-refractivity contribution >= 4 is 17.3 Å². The number of methoxy groups -OCH3 is 2. The van der Waals surface area contributed by atoms with Crippen LogP contribution in [0.2, 0.25) is 5.02 Å². The highest BCUT2D eigenvalue weighted by molar-refractivity contribution is 6.32. The van der Waals surface area contributed by atoms with Gasteiger partial charge in [-0.25, -0.2) is 0 Å². The average Bonchev–Trinajstić information content (AvgIpc) is 2.20. The summed E-state index contributed by atoms with van der Waals surface area (Å²) in [5, 5.41) is 9.15. The molecule has 0 bridgehead atoms. The summed E-state index contributed by atoms with van der Waals surface area (Å²) in [6, 6.07) is 3.43. The van der Waals surface area contributed by atoms with Crippen LogP contribution in [0.5, 0.6) is 11.5 Å². The second-order valence-electron chi connectivity index (χ2n) is 2.49. The Hall–Kier alpha value is -1.60. The van der Waals surface area contributed by atoms with E-state index in [2.05, 4.69) is 0 Å². The first kappa shape index (κ1) is 10.5. The van der Waals surface area contributed by atoms with Crippen LogP contribution in [0.15, 0.2) is 6.07 Å². The first-order chi connectivity index (χ1) is 6.65. The zero-order chi connectivity index (χ0) is 10.7. The summed E-state index contributed by atoms with van der Waals surface area (Å²) in [4.78, 5) is 0. The molecule has 1 aromatic rings. The van der Waals surface area contributed by atoms with Crippen molar-refractivity contribution in [1.29, 1.82) is 5.26 Å². The van der Waals surface area contributed by atoms with Gasteiger partial charge in [-0.15, -0.1) is 0 Å². The van der Waals surface area contributed by atoms with E-state index >= 15 is 0 Å². The largest absolute Gasteiger partial charge is 0.494 e. The van der Waals surface area contributed by atoms with Gasteiger partial charge in [-0.1, -0.05) is 11.6 Å². The first-order valence-electron chi connectivity index (χ1n) is 3.75. The summed E-state index contributed by atoms with van der Waals surface area (Å²) in [6.45, 7) is 0. The molecule has 0 saturated carbocycles. The molecular formula is C9H9ClN2O2. The Morgan fingerprint density at radius 1 is 1.43 bits per heavy atom. The van der Waals surface area contributed by atoms with Crippen LogP contribution in [0.3, 0.4) is 0 Å². The standard InChI is InChI=1S/C9H9ClN2O2/c1-13-7-3-6(10)9(14-2)5(4-11)8(7)12/h3H,12H2,1-2H3. The number of nitriles is 1. The number of hydrogen-bond acceptors (Lipinski definition) is 4. The number of nitrogens with two attached hydrogens (primary N) is 1. The quantitative estimate of drug-likeness (QED) is 0.760. The second kappa shape index (κ2) is 4.07. The predicted octanol–water partition coefficient (Wildman–Crippen LogP) is 1.81. The van der Waals surface area contributed by atoms with Gasteiger partial charge in [-0.3, -0.25) is 0 Å². The molecule has 0 radical (unpaired) electrons. The molecule has 4 nitrogen and oxygen atoms in total. The first-order valence-corrected chi connectivity index (χ1v) is 4.13. The van der Waals surface area contributed by atoms with Crippen molar-refractivity contribution in [2.24, 2.45) is 0 Å². The van der Waals surface area contributed by atoms with Crippen LogP contribution in [0.4, 0.5) is 5.69 Å². The van der Waals surface area contributed by atoms with Gasteiger partial charge in [0.2, 0.25) is 0 Å². The Morgan fingerprint density at radius 2 is 2.07 bits per heavy atom. The van der Waals surface area contributed by atoms with Crippen molar-refractivity contribution in [2.75, 3.05) is 20.0 Å². The maximum absolute atomic E-state index is 8.85. The molecular weight excluding hydrogens is 204 g/mol. The number of anilines is 1. The molecule has 0 amide bonds. The summed E-state index contributed by atoms with van der Waals surface area (Å²) in [5.41, 5.74) is 6.09. The molecule has 14 heavy (non-hydrogen) atoms. The molecule has 0 saturated heterocycles. The Kier molecular flexibility index (Phi) is 3.05. The van der Waals surface area contributed by atoms with Crippen LogP contribution in [-0.4, -0.2) is 14.2 Å². The van der Waals surface area contributed by atoms with Gasteiger partial charge in [0.1, 0.15) is 17.4 Å². The van der Waals surface area contributed by atoms with Crippen molar-refractivity contribution in [1.82, 2.24) is 0 Å². The van der Waals surface area contributed by atoms with E-state index in [4.69, 9.17) is 32.1 Å². The Labute approximate surface area is 86.8 Å². The smallest absolute Gasteiger partial charge is 0.157 e. The van der Waals surface area contributed by atoms with Crippen LogP contribution >= 0.6 is 11.6 Å². The minimum absolute atomic E-state index is 0.192. The minimum atomic E-state index is 0.192. The number of hydrogen-bond donors (Lipinski definition) is 1. The molecule has 0 fully saturated rings. The third-order valence-electron chi connectivity index (χ3n) is 1.77. The molecule has 1 aromatic carbocycles. The summed E-state index contributed by atoms with van der Waals surface area (Å²) in [6.07, 6.45) is 0. The lowest BCUT2D eigenvalue weighted by Crippen LogP contribution is -1.99. The Balaban J connectivity index is 3.50. The lowest BCUT2D eigenvalue weighted by atomic mass is 10.1. The molecule has 0 spiro atoms. The van der Waals surface area contributed by atoms with E-state index in [1.807, 2.05) is 6.07 Å². The van der Waals surface area contributed by atoms with Crippen LogP contribution in [-0.2, 0) is 0 Å². The molecule has 0 aliphatic rings. The summed E-state index contributed by atoms with van der Waals surface area (Å²) < 4.78 is 9.91. The van der Waals surface area contributed by atoms with Gasteiger partial charge >= 0.3 is 0 Å². The van der Waals surface area contributed by atoms with Crippen LogP contribution in [0, 0.1) is 11.3 Å². The number of halogens is 1. The zero-order valence-electron chi connectivity index (χ0n) is 7.80. The molecule has 2 N–H and O–H groups in total. The lowest BCUT2D eigenvalue weighted by Gasteiger charge is -2.11. The van der Waals surface area contributed by atoms with E-state index in [-0.39, 0.29) is 17.0 Å². The molecule has 0 unspecified atom stereocenters. The van der Waals surface area contributed by atoms with Gasteiger partial charge in [-0.2, -0.15) is 5.26 Å². The maximum atomic E-state index is 8.85. The fourth-order valence-corrected chi connectivity index (χ4v) is 1.37. The highest BCUT2D eigenvalue weighted by Gasteiger charge is 2.15. The number of rotatable bonds is 2. The van der Waals surface area contributed by atoms with Gasteiger partial charge in [-0.05, 0) is 0 Å². The SMILES string of the molecule is COc1cc(Cl)c(OC)c(C#N)c1N. The average molecular weight is 213 g/mol. The fraction of sp³-hybridized carbons (Fsp3) is 0.222. The van der Waals surface area contributed by atoms with E-state index in [0.29, 0.717) is 10.8 Å². The molecule has 0 atom stereocenters. The van der Waals surface area contributed by atoms with E-state index in [0.717, 1.165) is 0 Å². The normalized spacial score (nSPS) is 9.29. The summed E-state index contributed by atoms with van der Waals surface area (Å²) in [5.74, 6) is 0.639. The molecule has 0 aromatic heterocycles. The van der Waals surface area contributed by atoms with E-state index < -0.39 is 0 Å². The third kappa shape index (κ3) is 1.54. The van der Waals surface area contributed by atoms with Crippen molar-refractivity contribution in [3.05, 3.63) is 16.7 Å². The van der Waals surface area contributed by atoms with E-state index in [9.17, 15) is 0 Å². The fourth-order valence-electron chi connectivity index (χ4n) is 1.10. The minimum Gasteiger partial charge on any atom is -0.494 e. The molecule has 5 heteroatoms. The van der Waals surface area contributed by atoms with Crippen LogP contribution in [0.1, 0.15) is 5.56 Å². The highest BCUT2D eigenvalue weighted by Crippen LogP contribution is 2.38. The monoisotopic (exact) mass is 212 g/mol. The number of benzene rings is 1. The van der Waals surface area contributed by atoms with Gasteiger partial charge in [0, 0.05) is 6.07 Å². The number of nitrogens with zero attached hydrogens (tertiary/aromatic N) is 1. The lowest BCUT2D eigenvalue weighted by molar-refractivity contribution is 0.404. The number of ether oxygens (including phenoxy) is 2. The topological polar surface area (TPSA) is 68.3 Å².